The van der Waals surface area contributed by atoms with Gasteiger partial charge in [0.15, 0.2) is 11.5 Å². The Morgan fingerprint density at radius 1 is 1.12 bits per heavy atom. The van der Waals surface area contributed by atoms with Gasteiger partial charge in [0.1, 0.15) is 5.75 Å². The second kappa shape index (κ2) is 4.70. The van der Waals surface area contributed by atoms with Crippen LogP contribution >= 0.6 is 0 Å². The second-order valence-electron chi connectivity index (χ2n) is 3.72. The van der Waals surface area contributed by atoms with E-state index in [1.165, 1.54) is 6.92 Å². The van der Waals surface area contributed by atoms with E-state index in [4.69, 9.17) is 10.5 Å². The van der Waals surface area contributed by atoms with Crippen molar-refractivity contribution in [1.82, 2.24) is 0 Å². The number of hydrogen-bond acceptors (Lipinski definition) is 3. The SMILES string of the molecule is CC(=O)c1ccc(N)c(Oc2ccccc2)c1. The molecule has 0 atom stereocenters. The molecule has 0 saturated carbocycles. The standard InChI is InChI=1S/C14H13NO2/c1-10(16)11-7-8-13(15)14(9-11)17-12-5-3-2-4-6-12/h2-9H,15H2,1H3. The van der Waals surface area contributed by atoms with E-state index < -0.39 is 0 Å². The number of carbonyl (C=O) groups is 1. The minimum atomic E-state index is -0.0112. The van der Waals surface area contributed by atoms with Crippen LogP contribution < -0.4 is 10.5 Å². The van der Waals surface area contributed by atoms with Crippen molar-refractivity contribution in [2.75, 3.05) is 5.73 Å². The summed E-state index contributed by atoms with van der Waals surface area (Å²) in [5.74, 6) is 1.19. The van der Waals surface area contributed by atoms with Gasteiger partial charge in [0.2, 0.25) is 0 Å². The Balaban J connectivity index is 2.32. The average molecular weight is 227 g/mol. The fourth-order valence-corrected chi connectivity index (χ4v) is 1.46. The number of Topliss-reactive ketones (excluding diaryl/α,β-unsaturated/α-hetero) is 1. The van der Waals surface area contributed by atoms with Gasteiger partial charge in [0, 0.05) is 5.56 Å². The van der Waals surface area contributed by atoms with Gasteiger partial charge in [-0.1, -0.05) is 18.2 Å². The predicted molar refractivity (Wildman–Crippen MR) is 67.4 cm³/mol. The van der Waals surface area contributed by atoms with Gasteiger partial charge in [-0.3, -0.25) is 4.79 Å². The number of carbonyl (C=O) groups excluding carboxylic acids is 1. The maximum absolute atomic E-state index is 11.3. The fraction of sp³-hybridized carbons (Fsp3) is 0.0714. The van der Waals surface area contributed by atoms with Crippen molar-refractivity contribution < 1.29 is 9.53 Å². The molecule has 3 heteroatoms. The van der Waals surface area contributed by atoms with Crippen molar-refractivity contribution in [2.24, 2.45) is 0 Å². The van der Waals surface area contributed by atoms with E-state index in [2.05, 4.69) is 0 Å². The molecule has 0 bridgehead atoms. The molecule has 2 N–H and O–H groups in total. The van der Waals surface area contributed by atoms with Gasteiger partial charge >= 0.3 is 0 Å². The Morgan fingerprint density at radius 3 is 2.47 bits per heavy atom. The summed E-state index contributed by atoms with van der Waals surface area (Å²) in [6.07, 6.45) is 0. The number of ether oxygens (including phenoxy) is 1. The van der Waals surface area contributed by atoms with Crippen LogP contribution in [0.2, 0.25) is 0 Å². The van der Waals surface area contributed by atoms with Crippen molar-refractivity contribution >= 4 is 11.5 Å². The molecular weight excluding hydrogens is 214 g/mol. The van der Waals surface area contributed by atoms with Gasteiger partial charge in [-0.25, -0.2) is 0 Å². The first kappa shape index (κ1) is 11.2. The minimum absolute atomic E-state index is 0.0112. The zero-order valence-corrected chi connectivity index (χ0v) is 9.51. The molecule has 2 aromatic carbocycles. The molecule has 0 spiro atoms. The largest absolute Gasteiger partial charge is 0.455 e. The van der Waals surface area contributed by atoms with E-state index >= 15 is 0 Å². The number of hydrogen-bond donors (Lipinski definition) is 1. The Hall–Kier alpha value is -2.29. The highest BCUT2D eigenvalue weighted by Gasteiger charge is 2.06. The predicted octanol–water partition coefficient (Wildman–Crippen LogP) is 3.26. The molecule has 86 valence electrons. The summed E-state index contributed by atoms with van der Waals surface area (Å²) in [5.41, 5.74) is 6.90. The van der Waals surface area contributed by atoms with Gasteiger partial charge in [-0.05, 0) is 37.3 Å². The lowest BCUT2D eigenvalue weighted by Crippen LogP contribution is -1.97. The summed E-state index contributed by atoms with van der Waals surface area (Å²) in [7, 11) is 0. The van der Waals surface area contributed by atoms with Crippen molar-refractivity contribution in [1.29, 1.82) is 0 Å². The number of nitrogens with two attached hydrogens (primary N) is 1. The summed E-state index contributed by atoms with van der Waals surface area (Å²) >= 11 is 0. The molecule has 0 aliphatic heterocycles. The molecule has 0 amide bonds. The topological polar surface area (TPSA) is 52.3 Å². The minimum Gasteiger partial charge on any atom is -0.455 e. The third kappa shape index (κ3) is 2.64. The van der Waals surface area contributed by atoms with Gasteiger partial charge in [-0.15, -0.1) is 0 Å². The van der Waals surface area contributed by atoms with Gasteiger partial charge in [0.25, 0.3) is 0 Å². The highest BCUT2D eigenvalue weighted by molar-refractivity contribution is 5.95. The lowest BCUT2D eigenvalue weighted by atomic mass is 10.1. The van der Waals surface area contributed by atoms with Crippen LogP contribution in [0, 0.1) is 0 Å². The Kier molecular flexibility index (Phi) is 3.10. The summed E-state index contributed by atoms with van der Waals surface area (Å²) in [6.45, 7) is 1.51. The molecule has 0 fully saturated rings. The molecule has 0 saturated heterocycles. The van der Waals surface area contributed by atoms with Crippen LogP contribution in [0.4, 0.5) is 5.69 Å². The molecule has 2 aromatic rings. The van der Waals surface area contributed by atoms with E-state index in [9.17, 15) is 4.79 Å². The van der Waals surface area contributed by atoms with Crippen LogP contribution in [0.1, 0.15) is 17.3 Å². The zero-order valence-electron chi connectivity index (χ0n) is 9.51. The monoisotopic (exact) mass is 227 g/mol. The van der Waals surface area contributed by atoms with Crippen molar-refractivity contribution in [2.45, 2.75) is 6.92 Å². The van der Waals surface area contributed by atoms with Crippen LogP contribution in [0.25, 0.3) is 0 Å². The van der Waals surface area contributed by atoms with E-state index in [1.807, 2.05) is 30.3 Å². The summed E-state index contributed by atoms with van der Waals surface area (Å²) < 4.78 is 5.62. The smallest absolute Gasteiger partial charge is 0.159 e. The number of para-hydroxylation sites is 1. The molecule has 17 heavy (non-hydrogen) atoms. The van der Waals surface area contributed by atoms with Crippen molar-refractivity contribution in [3.8, 4) is 11.5 Å². The lowest BCUT2D eigenvalue weighted by Gasteiger charge is -2.09. The van der Waals surface area contributed by atoms with Gasteiger partial charge in [0.05, 0.1) is 5.69 Å². The van der Waals surface area contributed by atoms with E-state index in [0.29, 0.717) is 22.7 Å². The Morgan fingerprint density at radius 2 is 1.82 bits per heavy atom. The highest BCUT2D eigenvalue weighted by Crippen LogP contribution is 2.28. The maximum Gasteiger partial charge on any atom is 0.159 e. The van der Waals surface area contributed by atoms with Crippen molar-refractivity contribution in [3.05, 3.63) is 54.1 Å². The normalized spacial score (nSPS) is 9.94. The molecule has 0 heterocycles. The molecular formula is C14H13NO2. The van der Waals surface area contributed by atoms with Crippen LogP contribution in [0.5, 0.6) is 11.5 Å². The fourth-order valence-electron chi connectivity index (χ4n) is 1.46. The summed E-state index contributed by atoms with van der Waals surface area (Å²) in [5, 5.41) is 0. The number of nitrogen functional groups attached to an aromatic ring is 1. The first-order valence-corrected chi connectivity index (χ1v) is 5.30. The third-order valence-corrected chi connectivity index (χ3v) is 2.39. The van der Waals surface area contributed by atoms with Crippen LogP contribution in [0.15, 0.2) is 48.5 Å². The Labute approximate surface area is 99.8 Å². The zero-order chi connectivity index (χ0) is 12.3. The van der Waals surface area contributed by atoms with Crippen LogP contribution in [-0.4, -0.2) is 5.78 Å². The van der Waals surface area contributed by atoms with Crippen LogP contribution in [-0.2, 0) is 0 Å². The van der Waals surface area contributed by atoms with Crippen LogP contribution in [0.3, 0.4) is 0 Å². The Bertz CT molecular complexity index is 535. The first-order valence-electron chi connectivity index (χ1n) is 5.30. The van der Waals surface area contributed by atoms with E-state index in [-0.39, 0.29) is 5.78 Å². The maximum atomic E-state index is 11.3. The van der Waals surface area contributed by atoms with Gasteiger partial charge < -0.3 is 10.5 Å². The molecule has 0 radical (unpaired) electrons. The second-order valence-corrected chi connectivity index (χ2v) is 3.72. The first-order chi connectivity index (χ1) is 8.16. The number of benzene rings is 2. The third-order valence-electron chi connectivity index (χ3n) is 2.39. The lowest BCUT2D eigenvalue weighted by molar-refractivity contribution is 0.101. The summed E-state index contributed by atoms with van der Waals surface area (Å²) in [6, 6.07) is 14.3. The number of anilines is 1. The number of rotatable bonds is 3. The average Bonchev–Trinajstić information content (AvgIpc) is 2.33. The van der Waals surface area contributed by atoms with Crippen molar-refractivity contribution in [3.63, 3.8) is 0 Å². The molecule has 0 unspecified atom stereocenters. The number of ketones is 1. The molecule has 0 aliphatic rings. The summed E-state index contributed by atoms with van der Waals surface area (Å²) in [4.78, 5) is 11.3. The quantitative estimate of drug-likeness (QED) is 0.646. The van der Waals surface area contributed by atoms with E-state index in [0.717, 1.165) is 0 Å². The molecule has 0 aromatic heterocycles. The molecule has 0 aliphatic carbocycles. The highest BCUT2D eigenvalue weighted by atomic mass is 16.5. The van der Waals surface area contributed by atoms with Gasteiger partial charge in [-0.2, -0.15) is 0 Å². The molecule has 2 rings (SSSR count). The molecule has 3 nitrogen and oxygen atoms in total. The van der Waals surface area contributed by atoms with E-state index in [1.54, 1.807) is 18.2 Å².